The number of aromatic nitrogens is 1. The first-order valence-electron chi connectivity index (χ1n) is 10.4. The van der Waals surface area contributed by atoms with Crippen molar-refractivity contribution in [3.8, 4) is 0 Å². The van der Waals surface area contributed by atoms with E-state index in [9.17, 15) is 19.5 Å². The maximum atomic E-state index is 13.1. The van der Waals surface area contributed by atoms with Crippen molar-refractivity contribution in [1.29, 1.82) is 0 Å². The Morgan fingerprint density at radius 3 is 2.38 bits per heavy atom. The van der Waals surface area contributed by atoms with Crippen LogP contribution in [0, 0.1) is 6.92 Å². The molecule has 9 heteroatoms. The molecule has 0 aliphatic carbocycles. The maximum Gasteiger partial charge on any atom is 0.336 e. The molecule has 0 saturated heterocycles. The fraction of sp³-hybridized carbons (Fsp3) is 0.120. The molecule has 1 unspecified atom stereocenters. The topological polar surface area (TPSA) is 108 Å². The fourth-order valence-corrected chi connectivity index (χ4v) is 5.05. The normalized spacial score (nSPS) is 11.7. The van der Waals surface area contributed by atoms with Crippen molar-refractivity contribution in [3.63, 3.8) is 0 Å². The van der Waals surface area contributed by atoms with Crippen LogP contribution in [0.3, 0.4) is 0 Å². The number of thioether (sulfide) groups is 1. The number of thiazole rings is 1. The third kappa shape index (κ3) is 5.27. The van der Waals surface area contributed by atoms with Crippen LogP contribution >= 0.6 is 23.1 Å². The van der Waals surface area contributed by atoms with Gasteiger partial charge < -0.3 is 15.7 Å². The van der Waals surface area contributed by atoms with Crippen molar-refractivity contribution >= 4 is 62.5 Å². The molecule has 0 bridgehead atoms. The lowest BCUT2D eigenvalue weighted by molar-refractivity contribution is -0.115. The summed E-state index contributed by atoms with van der Waals surface area (Å²) in [5.74, 6) is -1.67. The number of aromatic carboxylic acids is 1. The number of nitrogens with zero attached hydrogens (tertiary/aromatic N) is 1. The van der Waals surface area contributed by atoms with E-state index >= 15 is 0 Å². The Bertz CT molecular complexity index is 1390. The second kappa shape index (κ2) is 10.1. The lowest BCUT2D eigenvalue weighted by Gasteiger charge is -2.13. The van der Waals surface area contributed by atoms with E-state index in [1.807, 2.05) is 18.4 Å². The molecule has 7 nitrogen and oxygen atoms in total. The van der Waals surface area contributed by atoms with Crippen molar-refractivity contribution in [2.24, 2.45) is 0 Å². The summed E-state index contributed by atoms with van der Waals surface area (Å²) in [5.41, 5.74) is 1.75. The van der Waals surface area contributed by atoms with Crippen molar-refractivity contribution in [1.82, 2.24) is 4.98 Å². The van der Waals surface area contributed by atoms with E-state index in [4.69, 9.17) is 0 Å². The molecule has 0 saturated carbocycles. The molecule has 1 aromatic heterocycles. The standard InChI is InChI=1S/C25H21N3O4S2/c1-14-13-33-25(26-14)28-22(29)15(2)34-18-9-5-8-17(12-18)27-23(30)19-10-3-6-16-7-4-11-20(21(16)19)24(31)32/h3-13,15H,1-2H3,(H,27,30)(H,31,32)(H,26,28,29). The van der Waals surface area contributed by atoms with Gasteiger partial charge in [-0.25, -0.2) is 9.78 Å². The predicted molar refractivity (Wildman–Crippen MR) is 136 cm³/mol. The van der Waals surface area contributed by atoms with Crippen LogP contribution in [0.4, 0.5) is 10.8 Å². The first-order valence-corrected chi connectivity index (χ1v) is 12.1. The third-order valence-corrected chi connectivity index (χ3v) is 6.97. The highest BCUT2D eigenvalue weighted by Gasteiger charge is 2.18. The van der Waals surface area contributed by atoms with Gasteiger partial charge in [0.15, 0.2) is 5.13 Å². The minimum absolute atomic E-state index is 0.0721. The summed E-state index contributed by atoms with van der Waals surface area (Å²) in [6.07, 6.45) is 0. The summed E-state index contributed by atoms with van der Waals surface area (Å²) in [6.45, 7) is 3.67. The van der Waals surface area contributed by atoms with Crippen molar-refractivity contribution in [2.45, 2.75) is 24.0 Å². The number of hydrogen-bond donors (Lipinski definition) is 3. The van der Waals surface area contributed by atoms with Crippen LogP contribution in [-0.2, 0) is 4.79 Å². The van der Waals surface area contributed by atoms with Gasteiger partial charge in [0.1, 0.15) is 0 Å². The van der Waals surface area contributed by atoms with Crippen molar-refractivity contribution in [2.75, 3.05) is 10.6 Å². The van der Waals surface area contributed by atoms with Gasteiger partial charge in [-0.1, -0.05) is 30.3 Å². The molecule has 4 rings (SSSR count). The van der Waals surface area contributed by atoms with E-state index in [0.29, 0.717) is 21.6 Å². The van der Waals surface area contributed by atoms with Gasteiger partial charge in [-0.3, -0.25) is 9.59 Å². The summed E-state index contributed by atoms with van der Waals surface area (Å²) in [6, 6.07) is 17.2. The number of hydrogen-bond acceptors (Lipinski definition) is 6. The lowest BCUT2D eigenvalue weighted by atomic mass is 9.98. The zero-order chi connectivity index (χ0) is 24.2. The molecular weight excluding hydrogens is 470 g/mol. The minimum Gasteiger partial charge on any atom is -0.478 e. The average molecular weight is 492 g/mol. The zero-order valence-electron chi connectivity index (χ0n) is 18.4. The molecule has 1 heterocycles. The van der Waals surface area contributed by atoms with Gasteiger partial charge >= 0.3 is 5.97 Å². The Hall–Kier alpha value is -3.69. The van der Waals surface area contributed by atoms with E-state index in [0.717, 1.165) is 10.6 Å². The van der Waals surface area contributed by atoms with Crippen LogP contribution in [0.5, 0.6) is 0 Å². The van der Waals surface area contributed by atoms with E-state index < -0.39 is 11.9 Å². The number of benzene rings is 3. The summed E-state index contributed by atoms with van der Waals surface area (Å²) in [7, 11) is 0. The molecule has 3 aromatic carbocycles. The van der Waals surface area contributed by atoms with Gasteiger partial charge in [-0.15, -0.1) is 23.1 Å². The SMILES string of the molecule is Cc1csc(NC(=O)C(C)Sc2cccc(NC(=O)c3cccc4cccc(C(=O)O)c34)c2)n1. The van der Waals surface area contributed by atoms with Crippen LogP contribution in [0.2, 0.25) is 0 Å². The number of rotatable bonds is 7. The predicted octanol–water partition coefficient (Wildman–Crippen LogP) is 5.67. The average Bonchev–Trinajstić information content (AvgIpc) is 3.22. The number of carbonyl (C=O) groups is 3. The molecule has 0 aliphatic rings. The van der Waals surface area contributed by atoms with Crippen LogP contribution in [-0.4, -0.2) is 33.1 Å². The molecule has 0 fully saturated rings. The maximum absolute atomic E-state index is 13.1. The zero-order valence-corrected chi connectivity index (χ0v) is 20.0. The van der Waals surface area contributed by atoms with Gasteiger partial charge in [0.25, 0.3) is 5.91 Å². The van der Waals surface area contributed by atoms with Crippen LogP contribution in [0.1, 0.15) is 33.3 Å². The Kier molecular flexibility index (Phi) is 6.95. The van der Waals surface area contributed by atoms with Gasteiger partial charge in [-0.05, 0) is 49.6 Å². The summed E-state index contributed by atoms with van der Waals surface area (Å²) >= 11 is 2.74. The molecule has 0 radical (unpaired) electrons. The van der Waals surface area contributed by atoms with Crippen molar-refractivity contribution in [3.05, 3.63) is 82.9 Å². The van der Waals surface area contributed by atoms with Gasteiger partial charge in [-0.2, -0.15) is 0 Å². The smallest absolute Gasteiger partial charge is 0.336 e. The number of carbonyl (C=O) groups excluding carboxylic acids is 2. The largest absolute Gasteiger partial charge is 0.478 e. The Labute approximate surface area is 204 Å². The molecule has 0 spiro atoms. The summed E-state index contributed by atoms with van der Waals surface area (Å²) in [5, 5.41) is 18.3. The van der Waals surface area contributed by atoms with E-state index in [1.54, 1.807) is 55.5 Å². The lowest BCUT2D eigenvalue weighted by Crippen LogP contribution is -2.22. The second-order valence-electron chi connectivity index (χ2n) is 7.54. The van der Waals surface area contributed by atoms with E-state index in [1.165, 1.54) is 29.2 Å². The number of carboxylic acids is 1. The van der Waals surface area contributed by atoms with Gasteiger partial charge in [0.05, 0.1) is 16.5 Å². The van der Waals surface area contributed by atoms with Gasteiger partial charge in [0, 0.05) is 26.9 Å². The monoisotopic (exact) mass is 491 g/mol. The van der Waals surface area contributed by atoms with E-state index in [-0.39, 0.29) is 22.3 Å². The fourth-order valence-electron chi connectivity index (χ4n) is 3.43. The molecule has 1 atom stereocenters. The summed E-state index contributed by atoms with van der Waals surface area (Å²) < 4.78 is 0. The number of anilines is 2. The number of carboxylic acid groups (broad SMARTS) is 1. The Morgan fingerprint density at radius 2 is 1.71 bits per heavy atom. The minimum atomic E-state index is -1.09. The second-order valence-corrected chi connectivity index (χ2v) is 9.81. The highest BCUT2D eigenvalue weighted by atomic mass is 32.2. The highest BCUT2D eigenvalue weighted by molar-refractivity contribution is 8.00. The number of aryl methyl sites for hydroxylation is 1. The Balaban J connectivity index is 1.50. The molecule has 3 N–H and O–H groups in total. The third-order valence-electron chi connectivity index (χ3n) is 5.00. The molecule has 0 aliphatic heterocycles. The molecule has 2 amide bonds. The Morgan fingerprint density at radius 1 is 1.00 bits per heavy atom. The molecular formula is C25H21N3O4S2. The number of amides is 2. The van der Waals surface area contributed by atoms with Crippen LogP contribution < -0.4 is 10.6 Å². The molecule has 172 valence electrons. The van der Waals surface area contributed by atoms with E-state index in [2.05, 4.69) is 15.6 Å². The molecule has 34 heavy (non-hydrogen) atoms. The first kappa shape index (κ1) is 23.5. The molecule has 4 aromatic rings. The van der Waals surface area contributed by atoms with Gasteiger partial charge in [0.2, 0.25) is 5.91 Å². The first-order chi connectivity index (χ1) is 16.3. The van der Waals surface area contributed by atoms with Crippen molar-refractivity contribution < 1.29 is 19.5 Å². The quantitative estimate of drug-likeness (QED) is 0.287. The highest BCUT2D eigenvalue weighted by Crippen LogP contribution is 2.28. The van der Waals surface area contributed by atoms with Crippen LogP contribution in [0.25, 0.3) is 10.8 Å². The number of nitrogens with one attached hydrogen (secondary N) is 2. The van der Waals surface area contributed by atoms with Crippen LogP contribution in [0.15, 0.2) is 70.9 Å². The number of fused-ring (bicyclic) bond motifs is 1. The summed E-state index contributed by atoms with van der Waals surface area (Å²) in [4.78, 5) is 42.3.